The van der Waals surface area contributed by atoms with E-state index in [0.717, 1.165) is 0 Å². The van der Waals surface area contributed by atoms with E-state index in [4.69, 9.17) is 4.74 Å². The normalized spacial score (nSPS) is 10.9. The Morgan fingerprint density at radius 3 is 2.86 bits per heavy atom. The molecule has 0 aliphatic carbocycles. The van der Waals surface area contributed by atoms with Gasteiger partial charge in [0.15, 0.2) is 5.13 Å². The van der Waals surface area contributed by atoms with Crippen molar-refractivity contribution in [2.24, 2.45) is 0 Å². The zero-order valence-corrected chi connectivity index (χ0v) is 16.8. The van der Waals surface area contributed by atoms with Crippen molar-refractivity contribution in [3.05, 3.63) is 63.5 Å². The van der Waals surface area contributed by atoms with E-state index in [0.29, 0.717) is 32.5 Å². The van der Waals surface area contributed by atoms with Crippen LogP contribution in [-0.2, 0) is 11.3 Å². The Hall–Kier alpha value is -3.04. The van der Waals surface area contributed by atoms with Crippen molar-refractivity contribution in [2.75, 3.05) is 12.0 Å². The number of amides is 1. The molecular weight excluding hydrogens is 396 g/mol. The molecular formula is C19H16N4O3S2. The average Bonchev–Trinajstić information content (AvgIpc) is 3.34. The Morgan fingerprint density at radius 2 is 2.07 bits per heavy atom. The summed E-state index contributed by atoms with van der Waals surface area (Å²) in [6, 6.07) is 9.10. The van der Waals surface area contributed by atoms with Gasteiger partial charge < -0.3 is 4.74 Å². The molecule has 0 spiro atoms. The van der Waals surface area contributed by atoms with Gasteiger partial charge in [0.2, 0.25) is 5.91 Å². The second-order valence-corrected chi connectivity index (χ2v) is 7.71. The molecule has 142 valence electrons. The minimum absolute atomic E-state index is 0.0947. The van der Waals surface area contributed by atoms with E-state index in [1.165, 1.54) is 45.4 Å². The molecule has 0 aliphatic rings. The fourth-order valence-corrected chi connectivity index (χ4v) is 4.52. The van der Waals surface area contributed by atoms with Gasteiger partial charge in [0.05, 0.1) is 36.9 Å². The van der Waals surface area contributed by atoms with Gasteiger partial charge in [-0.1, -0.05) is 12.1 Å². The zero-order chi connectivity index (χ0) is 19.7. The van der Waals surface area contributed by atoms with E-state index < -0.39 is 0 Å². The van der Waals surface area contributed by atoms with E-state index >= 15 is 0 Å². The lowest BCUT2D eigenvalue weighted by Gasteiger charge is -2.20. The first-order chi connectivity index (χ1) is 13.6. The summed E-state index contributed by atoms with van der Waals surface area (Å²) in [7, 11) is 1.56. The predicted octanol–water partition coefficient (Wildman–Crippen LogP) is 3.66. The van der Waals surface area contributed by atoms with E-state index in [-0.39, 0.29) is 18.0 Å². The molecule has 0 atom stereocenters. The van der Waals surface area contributed by atoms with Crippen molar-refractivity contribution >= 4 is 49.6 Å². The molecule has 4 rings (SSSR count). The van der Waals surface area contributed by atoms with Crippen LogP contribution in [-0.4, -0.2) is 27.6 Å². The van der Waals surface area contributed by atoms with Crippen LogP contribution in [0.2, 0.25) is 0 Å². The average molecular weight is 412 g/mol. The molecule has 3 heterocycles. The van der Waals surface area contributed by atoms with Gasteiger partial charge in [-0.15, -0.1) is 22.7 Å². The fraction of sp³-hybridized carbons (Fsp3) is 0.158. The van der Waals surface area contributed by atoms with E-state index in [1.807, 2.05) is 29.0 Å². The molecule has 1 aromatic carbocycles. The van der Waals surface area contributed by atoms with Gasteiger partial charge in [-0.2, -0.15) is 0 Å². The van der Waals surface area contributed by atoms with Crippen LogP contribution in [0, 0.1) is 0 Å². The molecule has 0 aliphatic heterocycles. The van der Waals surface area contributed by atoms with Gasteiger partial charge in [0.1, 0.15) is 10.4 Å². The first-order valence-electron chi connectivity index (χ1n) is 8.39. The maximum atomic E-state index is 12.6. The molecule has 0 saturated heterocycles. The number of methoxy groups -OCH3 is 1. The molecule has 0 saturated carbocycles. The number of para-hydroxylation sites is 2. The van der Waals surface area contributed by atoms with Crippen molar-refractivity contribution in [2.45, 2.75) is 13.5 Å². The third kappa shape index (κ3) is 3.30. The minimum atomic E-state index is -0.177. The predicted molar refractivity (Wildman–Crippen MR) is 111 cm³/mol. The van der Waals surface area contributed by atoms with Gasteiger partial charge in [-0.25, -0.2) is 9.97 Å². The summed E-state index contributed by atoms with van der Waals surface area (Å²) in [5.41, 5.74) is 1.91. The number of hydrogen-bond acceptors (Lipinski definition) is 7. The molecule has 9 heteroatoms. The standard InChI is InChI=1S/C19H16N4O3S2/c1-12(24)23(15-5-3-4-6-16(15)26-2)19-21-13(10-28-19)9-22-11-20-14-7-8-27-17(14)18(22)25/h3-8,10-11H,9H2,1-2H3. The van der Waals surface area contributed by atoms with Crippen LogP contribution in [0.1, 0.15) is 12.6 Å². The number of hydrogen-bond donors (Lipinski definition) is 0. The third-order valence-corrected chi connectivity index (χ3v) is 5.91. The van der Waals surface area contributed by atoms with Gasteiger partial charge in [0.25, 0.3) is 5.56 Å². The van der Waals surface area contributed by atoms with Gasteiger partial charge in [0, 0.05) is 12.3 Å². The highest BCUT2D eigenvalue weighted by atomic mass is 32.1. The van der Waals surface area contributed by atoms with Crippen molar-refractivity contribution in [3.63, 3.8) is 0 Å². The number of aromatic nitrogens is 3. The van der Waals surface area contributed by atoms with Crippen molar-refractivity contribution in [1.29, 1.82) is 0 Å². The van der Waals surface area contributed by atoms with Crippen LogP contribution in [0.5, 0.6) is 5.75 Å². The first-order valence-corrected chi connectivity index (χ1v) is 10.1. The monoisotopic (exact) mass is 412 g/mol. The number of anilines is 2. The number of carbonyl (C=O) groups is 1. The molecule has 0 bridgehead atoms. The number of fused-ring (bicyclic) bond motifs is 1. The quantitative estimate of drug-likeness (QED) is 0.500. The highest BCUT2D eigenvalue weighted by Crippen LogP contribution is 2.35. The van der Waals surface area contributed by atoms with Crippen LogP contribution in [0.25, 0.3) is 10.2 Å². The van der Waals surface area contributed by atoms with Gasteiger partial charge >= 0.3 is 0 Å². The maximum Gasteiger partial charge on any atom is 0.271 e. The molecule has 0 fully saturated rings. The number of carbonyl (C=O) groups excluding carboxylic acids is 1. The number of ether oxygens (including phenoxy) is 1. The van der Waals surface area contributed by atoms with Gasteiger partial charge in [-0.05, 0) is 23.6 Å². The molecule has 4 aromatic rings. The molecule has 3 aromatic heterocycles. The summed E-state index contributed by atoms with van der Waals surface area (Å²) < 4.78 is 7.53. The zero-order valence-electron chi connectivity index (χ0n) is 15.2. The van der Waals surface area contributed by atoms with E-state index in [2.05, 4.69) is 9.97 Å². The Kier molecular flexibility index (Phi) is 4.93. The summed E-state index contributed by atoms with van der Waals surface area (Å²) in [6.45, 7) is 1.76. The van der Waals surface area contributed by atoms with Crippen LogP contribution in [0.3, 0.4) is 0 Å². The Bertz CT molecular complexity index is 1210. The largest absolute Gasteiger partial charge is 0.495 e. The van der Waals surface area contributed by atoms with Crippen LogP contribution in [0.4, 0.5) is 10.8 Å². The van der Waals surface area contributed by atoms with Crippen LogP contribution < -0.4 is 15.2 Å². The highest BCUT2D eigenvalue weighted by Gasteiger charge is 2.21. The molecule has 1 amide bonds. The number of thiazole rings is 1. The summed E-state index contributed by atoms with van der Waals surface area (Å²) in [5.74, 6) is 0.405. The van der Waals surface area contributed by atoms with E-state index in [1.54, 1.807) is 19.2 Å². The smallest absolute Gasteiger partial charge is 0.271 e. The summed E-state index contributed by atoms with van der Waals surface area (Å²) in [4.78, 5) is 35.3. The third-order valence-electron chi connectivity index (χ3n) is 4.14. The molecule has 28 heavy (non-hydrogen) atoms. The lowest BCUT2D eigenvalue weighted by atomic mass is 10.2. The van der Waals surface area contributed by atoms with Crippen molar-refractivity contribution in [3.8, 4) is 5.75 Å². The van der Waals surface area contributed by atoms with E-state index in [9.17, 15) is 9.59 Å². The molecule has 0 unspecified atom stereocenters. The SMILES string of the molecule is COc1ccccc1N(C(C)=O)c1nc(Cn2cnc3ccsc3c2=O)cs1. The number of thiophene rings is 1. The minimum Gasteiger partial charge on any atom is -0.495 e. The number of nitrogens with zero attached hydrogens (tertiary/aromatic N) is 4. The fourth-order valence-electron chi connectivity index (χ4n) is 2.86. The van der Waals surface area contributed by atoms with Crippen molar-refractivity contribution in [1.82, 2.24) is 14.5 Å². The number of rotatable bonds is 5. The Labute approximate surface area is 168 Å². The molecule has 0 N–H and O–H groups in total. The highest BCUT2D eigenvalue weighted by molar-refractivity contribution is 7.17. The first kappa shape index (κ1) is 18.3. The summed E-state index contributed by atoms with van der Waals surface area (Å²) in [6.07, 6.45) is 1.53. The Morgan fingerprint density at radius 1 is 1.25 bits per heavy atom. The lowest BCUT2D eigenvalue weighted by molar-refractivity contribution is -0.115. The lowest BCUT2D eigenvalue weighted by Crippen LogP contribution is -2.23. The van der Waals surface area contributed by atoms with Crippen LogP contribution in [0.15, 0.2) is 52.2 Å². The van der Waals surface area contributed by atoms with Crippen LogP contribution >= 0.6 is 22.7 Å². The number of benzene rings is 1. The molecule has 0 radical (unpaired) electrons. The van der Waals surface area contributed by atoms with Gasteiger partial charge in [-0.3, -0.25) is 19.1 Å². The Balaban J connectivity index is 1.68. The maximum absolute atomic E-state index is 12.6. The summed E-state index contributed by atoms with van der Waals surface area (Å²) >= 11 is 2.71. The second kappa shape index (κ2) is 7.53. The molecule has 7 nitrogen and oxygen atoms in total. The topological polar surface area (TPSA) is 77.3 Å². The second-order valence-electron chi connectivity index (χ2n) is 5.96. The van der Waals surface area contributed by atoms with Crippen molar-refractivity contribution < 1.29 is 9.53 Å². The summed E-state index contributed by atoms with van der Waals surface area (Å²) in [5, 5.41) is 4.21.